The van der Waals surface area contributed by atoms with Crippen molar-refractivity contribution in [3.05, 3.63) is 11.2 Å². The molecule has 1 saturated heterocycles. The number of anilines is 2. The van der Waals surface area contributed by atoms with E-state index < -0.39 is 0 Å². The summed E-state index contributed by atoms with van der Waals surface area (Å²) in [6, 6.07) is 1.61. The van der Waals surface area contributed by atoms with Crippen molar-refractivity contribution in [3.63, 3.8) is 0 Å². The Morgan fingerprint density at radius 3 is 2.68 bits per heavy atom. The molecule has 1 unspecified atom stereocenters. The molecule has 0 bridgehead atoms. The molecule has 1 aliphatic heterocycles. The Kier molecular flexibility index (Phi) is 3.54. The fourth-order valence-electron chi connectivity index (χ4n) is 2.17. The fourth-order valence-corrected chi connectivity index (χ4v) is 2.36. The molecule has 1 aliphatic rings. The van der Waals surface area contributed by atoms with E-state index in [1.54, 1.807) is 6.07 Å². The topological polar surface area (TPSA) is 84.1 Å². The van der Waals surface area contributed by atoms with Crippen molar-refractivity contribution < 1.29 is 4.79 Å². The van der Waals surface area contributed by atoms with Crippen LogP contribution in [-0.2, 0) is 4.79 Å². The number of halogens is 1. The van der Waals surface area contributed by atoms with Crippen LogP contribution < -0.4 is 11.1 Å². The van der Waals surface area contributed by atoms with Crippen molar-refractivity contribution >= 4 is 29.3 Å². The lowest BCUT2D eigenvalue weighted by molar-refractivity contribution is -0.131. The predicted octanol–water partition coefficient (Wildman–Crippen LogP) is 1.52. The number of carbonyl (C=O) groups is 1. The van der Waals surface area contributed by atoms with E-state index >= 15 is 0 Å². The van der Waals surface area contributed by atoms with Crippen LogP contribution in [0.5, 0.6) is 0 Å². The van der Waals surface area contributed by atoms with Gasteiger partial charge in [-0.1, -0.05) is 11.6 Å². The molecule has 0 aliphatic carbocycles. The molecule has 0 aromatic carbocycles. The van der Waals surface area contributed by atoms with Gasteiger partial charge in [0.15, 0.2) is 0 Å². The lowest BCUT2D eigenvalue weighted by Gasteiger charge is -2.32. The number of nitrogens with one attached hydrogen (secondary N) is 1. The van der Waals surface area contributed by atoms with Crippen LogP contribution in [0.2, 0.25) is 5.15 Å². The van der Waals surface area contributed by atoms with E-state index in [-0.39, 0.29) is 28.6 Å². The molecule has 0 spiro atoms. The first-order valence-electron chi connectivity index (χ1n) is 6.13. The summed E-state index contributed by atoms with van der Waals surface area (Å²) in [4.78, 5) is 21.7. The Bertz CT molecular complexity index is 479. The maximum absolute atomic E-state index is 12.0. The molecule has 1 amide bonds. The van der Waals surface area contributed by atoms with E-state index in [4.69, 9.17) is 17.3 Å². The third-order valence-electron chi connectivity index (χ3n) is 3.00. The number of carbonyl (C=O) groups excluding carboxylic acids is 1. The number of hydrogen-bond acceptors (Lipinski definition) is 5. The maximum Gasteiger partial charge on any atom is 0.225 e. The summed E-state index contributed by atoms with van der Waals surface area (Å²) in [6.07, 6.45) is 0.443. The highest BCUT2D eigenvalue weighted by molar-refractivity contribution is 6.29. The summed E-state index contributed by atoms with van der Waals surface area (Å²) in [6.45, 7) is 6.70. The average molecular weight is 284 g/mol. The van der Waals surface area contributed by atoms with Crippen LogP contribution in [0.25, 0.3) is 0 Å². The molecule has 2 rings (SSSR count). The van der Waals surface area contributed by atoms with Gasteiger partial charge in [0.1, 0.15) is 11.0 Å². The highest BCUT2D eigenvalue weighted by Crippen LogP contribution is 2.24. The van der Waals surface area contributed by atoms with Crippen molar-refractivity contribution in [1.82, 2.24) is 14.9 Å². The maximum atomic E-state index is 12.0. The van der Waals surface area contributed by atoms with Gasteiger partial charge >= 0.3 is 0 Å². The number of aromatic nitrogens is 2. The fraction of sp³-hybridized carbons (Fsp3) is 0.583. The van der Waals surface area contributed by atoms with Gasteiger partial charge in [0.2, 0.25) is 11.9 Å². The zero-order valence-electron chi connectivity index (χ0n) is 11.3. The number of nitrogen functional groups attached to an aromatic ring is 1. The number of hydrogen-bond donors (Lipinski definition) is 2. The predicted molar refractivity (Wildman–Crippen MR) is 74.9 cm³/mol. The van der Waals surface area contributed by atoms with Gasteiger partial charge in [-0.15, -0.1) is 0 Å². The molecule has 6 nitrogen and oxygen atoms in total. The first kappa shape index (κ1) is 13.9. The van der Waals surface area contributed by atoms with Crippen LogP contribution in [0.4, 0.5) is 11.8 Å². The van der Waals surface area contributed by atoms with Crippen molar-refractivity contribution in [1.29, 1.82) is 0 Å². The molecule has 1 fully saturated rings. The van der Waals surface area contributed by atoms with Crippen molar-refractivity contribution in [2.24, 2.45) is 0 Å². The van der Waals surface area contributed by atoms with E-state index in [1.807, 2.05) is 25.7 Å². The molecule has 1 aromatic rings. The van der Waals surface area contributed by atoms with Crippen molar-refractivity contribution in [2.75, 3.05) is 17.6 Å². The molecular formula is C12H18ClN5O. The lowest BCUT2D eigenvalue weighted by atomic mass is 10.1. The minimum absolute atomic E-state index is 0.0112. The van der Waals surface area contributed by atoms with Gasteiger partial charge in [-0.3, -0.25) is 4.79 Å². The Morgan fingerprint density at radius 2 is 2.16 bits per heavy atom. The summed E-state index contributed by atoms with van der Waals surface area (Å²) >= 11 is 5.82. The van der Waals surface area contributed by atoms with Gasteiger partial charge in [-0.05, 0) is 20.8 Å². The Hall–Kier alpha value is -1.56. The van der Waals surface area contributed by atoms with Crippen LogP contribution in [-0.4, -0.2) is 38.9 Å². The minimum Gasteiger partial charge on any atom is -0.368 e. The van der Waals surface area contributed by atoms with Crippen LogP contribution in [0.3, 0.4) is 0 Å². The minimum atomic E-state index is -0.171. The molecule has 3 N–H and O–H groups in total. The van der Waals surface area contributed by atoms with Crippen LogP contribution >= 0.6 is 11.6 Å². The highest BCUT2D eigenvalue weighted by atomic mass is 35.5. The van der Waals surface area contributed by atoms with Gasteiger partial charge in [-0.2, -0.15) is 4.98 Å². The summed E-state index contributed by atoms with van der Waals surface area (Å²) < 4.78 is 0. The van der Waals surface area contributed by atoms with Gasteiger partial charge in [0, 0.05) is 24.6 Å². The molecule has 19 heavy (non-hydrogen) atoms. The van der Waals surface area contributed by atoms with Gasteiger partial charge in [0.25, 0.3) is 0 Å². The lowest BCUT2D eigenvalue weighted by Crippen LogP contribution is -2.43. The van der Waals surface area contributed by atoms with E-state index in [0.29, 0.717) is 18.8 Å². The van der Waals surface area contributed by atoms with Crippen molar-refractivity contribution in [3.8, 4) is 0 Å². The average Bonchev–Trinajstić information content (AvgIpc) is 2.57. The number of rotatable bonds is 2. The van der Waals surface area contributed by atoms with E-state index in [9.17, 15) is 4.79 Å². The molecule has 104 valence electrons. The Morgan fingerprint density at radius 1 is 1.47 bits per heavy atom. The molecule has 1 aromatic heterocycles. The van der Waals surface area contributed by atoms with Crippen LogP contribution in [0, 0.1) is 0 Å². The first-order chi connectivity index (χ1) is 8.75. The van der Waals surface area contributed by atoms with Gasteiger partial charge < -0.3 is 16.0 Å². The summed E-state index contributed by atoms with van der Waals surface area (Å²) in [5.41, 5.74) is 5.36. The normalized spacial score (nSPS) is 19.9. The SMILES string of the molecule is CC(C)(C)N1CC(Nc2cc(Cl)nc(N)n2)CC1=O. The number of likely N-dealkylation sites (tertiary alicyclic amines) is 1. The molecule has 0 radical (unpaired) electrons. The summed E-state index contributed by atoms with van der Waals surface area (Å²) in [7, 11) is 0. The summed E-state index contributed by atoms with van der Waals surface area (Å²) in [5, 5.41) is 3.46. The first-order valence-corrected chi connectivity index (χ1v) is 6.50. The number of nitrogens with two attached hydrogens (primary N) is 1. The monoisotopic (exact) mass is 283 g/mol. The number of amides is 1. The standard InChI is InChI=1S/C12H18ClN5O/c1-12(2,3)18-6-7(4-10(18)19)15-9-5-8(13)16-11(14)17-9/h5,7H,4,6H2,1-3H3,(H3,14,15,16,17). The van der Waals surface area contributed by atoms with Crippen LogP contribution in [0.1, 0.15) is 27.2 Å². The molecule has 2 heterocycles. The second kappa shape index (κ2) is 4.85. The van der Waals surface area contributed by atoms with E-state index in [1.165, 1.54) is 0 Å². The van der Waals surface area contributed by atoms with Crippen LogP contribution in [0.15, 0.2) is 6.07 Å². The molecular weight excluding hydrogens is 266 g/mol. The van der Waals surface area contributed by atoms with E-state index in [0.717, 1.165) is 0 Å². The summed E-state index contributed by atoms with van der Waals surface area (Å²) in [5.74, 6) is 0.802. The van der Waals surface area contributed by atoms with E-state index in [2.05, 4.69) is 15.3 Å². The largest absolute Gasteiger partial charge is 0.368 e. The quantitative estimate of drug-likeness (QED) is 0.804. The molecule has 1 atom stereocenters. The zero-order chi connectivity index (χ0) is 14.2. The van der Waals surface area contributed by atoms with Crippen molar-refractivity contribution in [2.45, 2.75) is 38.8 Å². The zero-order valence-corrected chi connectivity index (χ0v) is 12.0. The molecule has 7 heteroatoms. The number of nitrogens with zero attached hydrogens (tertiary/aromatic N) is 3. The third kappa shape index (κ3) is 3.26. The van der Waals surface area contributed by atoms with Gasteiger partial charge in [-0.25, -0.2) is 4.98 Å². The highest BCUT2D eigenvalue weighted by Gasteiger charge is 2.36. The Balaban J connectivity index is 2.07. The third-order valence-corrected chi connectivity index (χ3v) is 3.19. The van der Waals surface area contributed by atoms with Gasteiger partial charge in [0.05, 0.1) is 6.04 Å². The second-order valence-electron chi connectivity index (χ2n) is 5.65. The smallest absolute Gasteiger partial charge is 0.225 e. The second-order valence-corrected chi connectivity index (χ2v) is 6.04. The Labute approximate surface area is 117 Å². The molecule has 0 saturated carbocycles.